The maximum atomic E-state index is 11.8. The molecule has 0 aromatic heterocycles. The molecule has 0 aliphatic heterocycles. The predicted molar refractivity (Wildman–Crippen MR) is 41.0 cm³/mol. The number of halogens is 3. The van der Waals surface area contributed by atoms with Gasteiger partial charge in [-0.05, 0) is 25.2 Å². The van der Waals surface area contributed by atoms with E-state index < -0.39 is 18.1 Å². The van der Waals surface area contributed by atoms with Gasteiger partial charge in [0.05, 0.1) is 0 Å². The Balaban J connectivity index is 2.45. The molecule has 1 atom stereocenters. The van der Waals surface area contributed by atoms with Gasteiger partial charge in [0, 0.05) is 6.04 Å². The maximum Gasteiger partial charge on any atom is 0.471 e. The Morgan fingerprint density at radius 1 is 1.46 bits per heavy atom. The average Bonchev–Trinajstić information content (AvgIpc) is 2.67. The first-order chi connectivity index (χ1) is 5.76. The van der Waals surface area contributed by atoms with Gasteiger partial charge in [-0.25, -0.2) is 0 Å². The van der Waals surface area contributed by atoms with E-state index in [4.69, 9.17) is 0 Å². The van der Waals surface area contributed by atoms with Gasteiger partial charge in [-0.15, -0.1) is 0 Å². The lowest BCUT2D eigenvalue weighted by Gasteiger charge is -2.20. The lowest BCUT2D eigenvalue weighted by Crippen LogP contribution is -2.45. The van der Waals surface area contributed by atoms with Crippen molar-refractivity contribution < 1.29 is 18.0 Å². The average molecular weight is 195 g/mol. The number of rotatable bonds is 2. The summed E-state index contributed by atoms with van der Waals surface area (Å²) in [6, 6.07) is -0.401. The van der Waals surface area contributed by atoms with Crippen LogP contribution >= 0.6 is 0 Å². The second-order valence-electron chi connectivity index (χ2n) is 3.85. The highest BCUT2D eigenvalue weighted by molar-refractivity contribution is 5.82. The zero-order chi connectivity index (χ0) is 10.3. The van der Waals surface area contributed by atoms with Crippen LogP contribution in [-0.2, 0) is 4.79 Å². The molecule has 0 saturated heterocycles. The Morgan fingerprint density at radius 2 is 1.92 bits per heavy atom. The molecule has 5 heteroatoms. The van der Waals surface area contributed by atoms with Crippen molar-refractivity contribution in [2.45, 2.75) is 38.9 Å². The molecule has 0 bridgehead atoms. The van der Waals surface area contributed by atoms with Crippen LogP contribution < -0.4 is 5.32 Å². The Hall–Kier alpha value is -0.740. The first-order valence-electron chi connectivity index (χ1n) is 4.13. The summed E-state index contributed by atoms with van der Waals surface area (Å²) >= 11 is 0. The monoisotopic (exact) mass is 195 g/mol. The summed E-state index contributed by atoms with van der Waals surface area (Å²) in [4.78, 5) is 10.5. The van der Waals surface area contributed by atoms with Gasteiger partial charge in [0.25, 0.3) is 0 Å². The lowest BCUT2D eigenvalue weighted by molar-refractivity contribution is -0.174. The molecule has 0 aromatic carbocycles. The van der Waals surface area contributed by atoms with Crippen LogP contribution in [0.4, 0.5) is 13.2 Å². The van der Waals surface area contributed by atoms with Crippen molar-refractivity contribution in [2.75, 3.05) is 0 Å². The molecular weight excluding hydrogens is 183 g/mol. The van der Waals surface area contributed by atoms with E-state index >= 15 is 0 Å². The number of nitrogens with one attached hydrogen (secondary N) is 1. The first-order valence-corrected chi connectivity index (χ1v) is 4.13. The molecule has 1 saturated carbocycles. The number of carbonyl (C=O) groups excluding carboxylic acids is 1. The standard InChI is InChI=1S/C8H12F3NO/c1-5(7(2)3-4-7)12-6(13)8(9,10)11/h5H,3-4H2,1-2H3,(H,12,13). The van der Waals surface area contributed by atoms with E-state index in [1.807, 2.05) is 12.2 Å². The van der Waals surface area contributed by atoms with Crippen molar-refractivity contribution in [1.82, 2.24) is 5.32 Å². The minimum Gasteiger partial charge on any atom is -0.345 e. The lowest BCUT2D eigenvalue weighted by atomic mass is 10.0. The van der Waals surface area contributed by atoms with Gasteiger partial charge in [-0.2, -0.15) is 13.2 Å². The molecule has 1 aliphatic carbocycles. The van der Waals surface area contributed by atoms with E-state index in [1.54, 1.807) is 6.92 Å². The minimum atomic E-state index is -4.76. The second-order valence-corrected chi connectivity index (χ2v) is 3.85. The molecule has 1 N–H and O–H groups in total. The van der Waals surface area contributed by atoms with Gasteiger partial charge >= 0.3 is 12.1 Å². The van der Waals surface area contributed by atoms with Crippen molar-refractivity contribution in [1.29, 1.82) is 0 Å². The van der Waals surface area contributed by atoms with E-state index in [0.717, 1.165) is 12.8 Å². The van der Waals surface area contributed by atoms with E-state index in [1.165, 1.54) is 0 Å². The fraction of sp³-hybridized carbons (Fsp3) is 0.875. The molecule has 76 valence electrons. The Morgan fingerprint density at radius 3 is 2.23 bits per heavy atom. The molecule has 1 fully saturated rings. The number of alkyl halides is 3. The van der Waals surface area contributed by atoms with E-state index in [9.17, 15) is 18.0 Å². The van der Waals surface area contributed by atoms with E-state index in [2.05, 4.69) is 0 Å². The van der Waals surface area contributed by atoms with Gasteiger partial charge in [0.15, 0.2) is 0 Å². The molecule has 2 nitrogen and oxygen atoms in total. The largest absolute Gasteiger partial charge is 0.471 e. The summed E-state index contributed by atoms with van der Waals surface area (Å²) in [6.07, 6.45) is -3.00. The summed E-state index contributed by atoms with van der Waals surface area (Å²) in [5.74, 6) is -1.84. The summed E-state index contributed by atoms with van der Waals surface area (Å²) in [7, 11) is 0. The zero-order valence-corrected chi connectivity index (χ0v) is 7.53. The summed E-state index contributed by atoms with van der Waals surface area (Å²) in [5, 5.41) is 1.96. The van der Waals surface area contributed by atoms with Crippen LogP contribution in [0.2, 0.25) is 0 Å². The maximum absolute atomic E-state index is 11.8. The van der Waals surface area contributed by atoms with Gasteiger partial charge in [0.1, 0.15) is 0 Å². The van der Waals surface area contributed by atoms with Crippen molar-refractivity contribution in [3.05, 3.63) is 0 Å². The van der Waals surface area contributed by atoms with E-state index in [-0.39, 0.29) is 5.41 Å². The molecule has 0 heterocycles. The molecular formula is C8H12F3NO. The molecule has 0 spiro atoms. The summed E-state index contributed by atoms with van der Waals surface area (Å²) in [5.41, 5.74) is -0.124. The summed E-state index contributed by atoms with van der Waals surface area (Å²) < 4.78 is 35.4. The van der Waals surface area contributed by atoms with Crippen LogP contribution in [0.15, 0.2) is 0 Å². The third-order valence-corrected chi connectivity index (χ3v) is 2.69. The van der Waals surface area contributed by atoms with Gasteiger partial charge in [0.2, 0.25) is 0 Å². The quantitative estimate of drug-likeness (QED) is 0.715. The van der Waals surface area contributed by atoms with Crippen molar-refractivity contribution in [3.63, 3.8) is 0 Å². The normalized spacial score (nSPS) is 22.2. The molecule has 13 heavy (non-hydrogen) atoms. The minimum absolute atomic E-state index is 0.124. The fourth-order valence-corrected chi connectivity index (χ4v) is 1.08. The molecule has 1 rings (SSSR count). The smallest absolute Gasteiger partial charge is 0.345 e. The van der Waals surface area contributed by atoms with E-state index in [0.29, 0.717) is 0 Å². The Labute approximate surface area is 74.5 Å². The van der Waals surface area contributed by atoms with Crippen LogP contribution in [0.5, 0.6) is 0 Å². The topological polar surface area (TPSA) is 29.1 Å². The summed E-state index contributed by atoms with van der Waals surface area (Å²) in [6.45, 7) is 3.48. The SMILES string of the molecule is CC(NC(=O)C(F)(F)F)C1(C)CC1. The van der Waals surface area contributed by atoms with Crippen molar-refractivity contribution >= 4 is 5.91 Å². The molecule has 1 amide bonds. The first kappa shape index (κ1) is 10.3. The Bertz CT molecular complexity index is 220. The van der Waals surface area contributed by atoms with Gasteiger partial charge in [-0.3, -0.25) is 4.79 Å². The highest BCUT2D eigenvalue weighted by Gasteiger charge is 2.46. The van der Waals surface area contributed by atoms with Crippen LogP contribution in [-0.4, -0.2) is 18.1 Å². The number of hydrogen-bond donors (Lipinski definition) is 1. The molecule has 1 unspecified atom stereocenters. The highest BCUT2D eigenvalue weighted by Crippen LogP contribution is 2.48. The van der Waals surface area contributed by atoms with Crippen LogP contribution in [0.3, 0.4) is 0 Å². The van der Waals surface area contributed by atoms with Crippen LogP contribution in [0.25, 0.3) is 0 Å². The third-order valence-electron chi connectivity index (χ3n) is 2.69. The van der Waals surface area contributed by atoms with Crippen LogP contribution in [0, 0.1) is 5.41 Å². The molecule has 0 radical (unpaired) electrons. The predicted octanol–water partition coefficient (Wildman–Crippen LogP) is 1.85. The number of carbonyl (C=O) groups is 1. The zero-order valence-electron chi connectivity index (χ0n) is 7.53. The van der Waals surface area contributed by atoms with Crippen molar-refractivity contribution in [2.24, 2.45) is 5.41 Å². The molecule has 0 aromatic rings. The van der Waals surface area contributed by atoms with Gasteiger partial charge in [-0.1, -0.05) is 6.92 Å². The van der Waals surface area contributed by atoms with Gasteiger partial charge < -0.3 is 5.32 Å². The van der Waals surface area contributed by atoms with Crippen LogP contribution in [0.1, 0.15) is 26.7 Å². The second kappa shape index (κ2) is 2.89. The van der Waals surface area contributed by atoms with Crippen molar-refractivity contribution in [3.8, 4) is 0 Å². The third kappa shape index (κ3) is 2.35. The number of amides is 1. The number of hydrogen-bond acceptors (Lipinski definition) is 1. The highest BCUT2D eigenvalue weighted by atomic mass is 19.4. The Kier molecular flexibility index (Phi) is 2.30. The fourth-order valence-electron chi connectivity index (χ4n) is 1.08. The molecule has 1 aliphatic rings.